The Labute approximate surface area is 121 Å². The summed E-state index contributed by atoms with van der Waals surface area (Å²) in [5, 5.41) is 4.09. The molecular weight excluding hydrogens is 270 g/mol. The zero-order chi connectivity index (χ0) is 13.9. The molecule has 2 aromatic heterocycles. The number of nitrogens with zero attached hydrogens (tertiary/aromatic N) is 3. The van der Waals surface area contributed by atoms with Crippen molar-refractivity contribution in [3.8, 4) is 0 Å². The van der Waals surface area contributed by atoms with Crippen LogP contribution in [-0.4, -0.2) is 27.4 Å². The van der Waals surface area contributed by atoms with E-state index in [0.717, 1.165) is 11.0 Å². The molecule has 5 heteroatoms. The van der Waals surface area contributed by atoms with Gasteiger partial charge in [0.1, 0.15) is 6.54 Å². The molecular formula is C15H15N3OS. The van der Waals surface area contributed by atoms with E-state index in [2.05, 4.69) is 10.4 Å². The Balaban J connectivity index is 1.72. The lowest BCUT2D eigenvalue weighted by Gasteiger charge is -2.17. The molecule has 1 amide bonds. The van der Waals surface area contributed by atoms with Gasteiger partial charge < -0.3 is 9.47 Å². The van der Waals surface area contributed by atoms with E-state index in [1.807, 2.05) is 47.3 Å². The molecule has 2 heterocycles. The quantitative estimate of drug-likeness (QED) is 0.739. The minimum atomic E-state index is 0.0827. The number of amides is 1. The highest BCUT2D eigenvalue weighted by Crippen LogP contribution is 2.13. The molecule has 0 saturated heterocycles. The summed E-state index contributed by atoms with van der Waals surface area (Å²) < 4.78 is 1.89. The third-order valence-electron chi connectivity index (χ3n) is 3.26. The van der Waals surface area contributed by atoms with Gasteiger partial charge in [-0.2, -0.15) is 11.3 Å². The molecule has 0 unspecified atom stereocenters. The molecule has 0 radical (unpaired) electrons. The maximum Gasteiger partial charge on any atom is 0.242 e. The summed E-state index contributed by atoms with van der Waals surface area (Å²) in [5.74, 6) is 0.0827. The first-order valence-electron chi connectivity index (χ1n) is 6.39. The van der Waals surface area contributed by atoms with Crippen LogP contribution in [0.4, 0.5) is 0 Å². The summed E-state index contributed by atoms with van der Waals surface area (Å²) in [5.41, 5.74) is 3.08. The highest BCUT2D eigenvalue weighted by Gasteiger charge is 2.12. The van der Waals surface area contributed by atoms with Crippen molar-refractivity contribution in [2.75, 3.05) is 7.05 Å². The van der Waals surface area contributed by atoms with E-state index in [0.29, 0.717) is 13.1 Å². The molecule has 0 aliphatic carbocycles. The van der Waals surface area contributed by atoms with Crippen molar-refractivity contribution < 1.29 is 4.79 Å². The minimum absolute atomic E-state index is 0.0827. The Kier molecular flexibility index (Phi) is 3.52. The zero-order valence-electron chi connectivity index (χ0n) is 11.2. The fraction of sp³-hybridized carbons (Fsp3) is 0.200. The molecule has 0 saturated carbocycles. The summed E-state index contributed by atoms with van der Waals surface area (Å²) in [4.78, 5) is 18.3. The number of fused-ring (bicyclic) bond motifs is 1. The van der Waals surface area contributed by atoms with E-state index < -0.39 is 0 Å². The van der Waals surface area contributed by atoms with Gasteiger partial charge in [-0.05, 0) is 34.5 Å². The summed E-state index contributed by atoms with van der Waals surface area (Å²) in [6, 6.07) is 9.88. The summed E-state index contributed by atoms with van der Waals surface area (Å²) >= 11 is 1.65. The Morgan fingerprint density at radius 1 is 1.35 bits per heavy atom. The molecule has 3 rings (SSSR count). The molecule has 4 nitrogen and oxygen atoms in total. The molecule has 102 valence electrons. The number of carbonyl (C=O) groups excluding carboxylic acids is 1. The van der Waals surface area contributed by atoms with Crippen LogP contribution in [0.3, 0.4) is 0 Å². The minimum Gasteiger partial charge on any atom is -0.340 e. The first-order chi connectivity index (χ1) is 9.74. The second kappa shape index (κ2) is 5.46. The number of rotatable bonds is 4. The highest BCUT2D eigenvalue weighted by atomic mass is 32.1. The number of para-hydroxylation sites is 2. The van der Waals surface area contributed by atoms with Gasteiger partial charge >= 0.3 is 0 Å². The molecule has 0 aliphatic heterocycles. The number of benzene rings is 1. The van der Waals surface area contributed by atoms with Gasteiger partial charge in [0.15, 0.2) is 0 Å². The summed E-state index contributed by atoms with van der Waals surface area (Å²) in [7, 11) is 1.83. The van der Waals surface area contributed by atoms with Crippen molar-refractivity contribution in [2.24, 2.45) is 0 Å². The van der Waals surface area contributed by atoms with E-state index in [9.17, 15) is 4.79 Å². The van der Waals surface area contributed by atoms with E-state index in [4.69, 9.17) is 0 Å². The van der Waals surface area contributed by atoms with Crippen LogP contribution < -0.4 is 0 Å². The predicted molar refractivity (Wildman–Crippen MR) is 80.5 cm³/mol. The Bertz CT molecular complexity index is 718. The monoisotopic (exact) mass is 285 g/mol. The first kappa shape index (κ1) is 12.9. The maximum absolute atomic E-state index is 12.3. The lowest BCUT2D eigenvalue weighted by molar-refractivity contribution is -0.131. The third-order valence-corrected chi connectivity index (χ3v) is 3.99. The van der Waals surface area contributed by atoms with Gasteiger partial charge in [0, 0.05) is 13.6 Å². The van der Waals surface area contributed by atoms with Gasteiger partial charge in [-0.3, -0.25) is 4.79 Å². The smallest absolute Gasteiger partial charge is 0.242 e. The lowest BCUT2D eigenvalue weighted by Crippen LogP contribution is -2.29. The van der Waals surface area contributed by atoms with Crippen LogP contribution in [0.25, 0.3) is 11.0 Å². The van der Waals surface area contributed by atoms with Crippen LogP contribution in [0.1, 0.15) is 5.56 Å². The molecule has 0 atom stereocenters. The maximum atomic E-state index is 12.3. The van der Waals surface area contributed by atoms with Crippen LogP contribution in [0.15, 0.2) is 47.4 Å². The second-order valence-electron chi connectivity index (χ2n) is 4.74. The Hall–Kier alpha value is -2.14. The largest absolute Gasteiger partial charge is 0.340 e. The number of imidazole rings is 1. The topological polar surface area (TPSA) is 38.1 Å². The van der Waals surface area contributed by atoms with E-state index in [1.165, 1.54) is 5.56 Å². The fourth-order valence-electron chi connectivity index (χ4n) is 2.15. The lowest BCUT2D eigenvalue weighted by atomic mass is 10.3. The first-order valence-corrected chi connectivity index (χ1v) is 7.33. The van der Waals surface area contributed by atoms with Crippen molar-refractivity contribution in [3.05, 3.63) is 53.0 Å². The van der Waals surface area contributed by atoms with Crippen molar-refractivity contribution in [1.29, 1.82) is 0 Å². The van der Waals surface area contributed by atoms with Crippen LogP contribution in [-0.2, 0) is 17.9 Å². The van der Waals surface area contributed by atoms with Gasteiger partial charge in [0.2, 0.25) is 5.91 Å². The summed E-state index contributed by atoms with van der Waals surface area (Å²) in [6.45, 7) is 0.968. The fourth-order valence-corrected chi connectivity index (χ4v) is 2.81. The molecule has 0 aliphatic rings. The van der Waals surface area contributed by atoms with Gasteiger partial charge in [-0.1, -0.05) is 12.1 Å². The molecule has 0 fully saturated rings. The second-order valence-corrected chi connectivity index (χ2v) is 5.52. The molecule has 0 bridgehead atoms. The van der Waals surface area contributed by atoms with Gasteiger partial charge in [-0.25, -0.2) is 4.98 Å². The van der Waals surface area contributed by atoms with Crippen LogP contribution in [0.2, 0.25) is 0 Å². The SMILES string of the molecule is CN(Cc1ccsc1)C(=O)Cn1cnc2ccccc21. The van der Waals surface area contributed by atoms with E-state index in [1.54, 1.807) is 22.6 Å². The summed E-state index contributed by atoms with van der Waals surface area (Å²) in [6.07, 6.45) is 1.72. The normalized spacial score (nSPS) is 10.8. The molecule has 3 aromatic rings. The van der Waals surface area contributed by atoms with Crippen molar-refractivity contribution in [1.82, 2.24) is 14.5 Å². The number of carbonyl (C=O) groups is 1. The molecule has 20 heavy (non-hydrogen) atoms. The number of hydrogen-bond acceptors (Lipinski definition) is 3. The standard InChI is InChI=1S/C15H15N3OS/c1-17(8-12-6-7-20-10-12)15(19)9-18-11-16-13-4-2-3-5-14(13)18/h2-7,10-11H,8-9H2,1H3. The highest BCUT2D eigenvalue weighted by molar-refractivity contribution is 7.07. The average Bonchev–Trinajstić information content (AvgIpc) is 3.09. The Morgan fingerprint density at radius 2 is 2.20 bits per heavy atom. The Morgan fingerprint density at radius 3 is 3.00 bits per heavy atom. The third kappa shape index (κ3) is 2.58. The number of hydrogen-bond donors (Lipinski definition) is 0. The van der Waals surface area contributed by atoms with E-state index in [-0.39, 0.29) is 5.91 Å². The van der Waals surface area contributed by atoms with Crippen molar-refractivity contribution >= 4 is 28.3 Å². The molecule has 0 spiro atoms. The van der Waals surface area contributed by atoms with E-state index >= 15 is 0 Å². The van der Waals surface area contributed by atoms with Gasteiger partial charge in [0.25, 0.3) is 0 Å². The predicted octanol–water partition coefficient (Wildman–Crippen LogP) is 2.76. The van der Waals surface area contributed by atoms with Crippen LogP contribution >= 0.6 is 11.3 Å². The average molecular weight is 285 g/mol. The number of aromatic nitrogens is 2. The number of likely N-dealkylation sites (N-methyl/N-ethyl adjacent to an activating group) is 1. The molecule has 1 aromatic carbocycles. The molecule has 0 N–H and O–H groups in total. The van der Waals surface area contributed by atoms with Gasteiger partial charge in [0.05, 0.1) is 17.4 Å². The zero-order valence-corrected chi connectivity index (χ0v) is 12.0. The van der Waals surface area contributed by atoms with Crippen molar-refractivity contribution in [3.63, 3.8) is 0 Å². The van der Waals surface area contributed by atoms with Crippen LogP contribution in [0, 0.1) is 0 Å². The van der Waals surface area contributed by atoms with Crippen molar-refractivity contribution in [2.45, 2.75) is 13.1 Å². The number of thiophene rings is 1. The van der Waals surface area contributed by atoms with Crippen LogP contribution in [0.5, 0.6) is 0 Å². The van der Waals surface area contributed by atoms with Gasteiger partial charge in [-0.15, -0.1) is 0 Å².